The van der Waals surface area contributed by atoms with Crippen molar-refractivity contribution < 1.29 is 19.4 Å². The number of nitrogens with zero attached hydrogens (tertiary/aromatic N) is 1. The first-order valence-corrected chi connectivity index (χ1v) is 7.65. The van der Waals surface area contributed by atoms with Crippen LogP contribution in [0.3, 0.4) is 0 Å². The Morgan fingerprint density at radius 3 is 2.86 bits per heavy atom. The first kappa shape index (κ1) is 16.5. The number of esters is 1. The van der Waals surface area contributed by atoms with Crippen molar-refractivity contribution in [2.24, 2.45) is 5.92 Å². The van der Waals surface area contributed by atoms with Gasteiger partial charge in [-0.3, -0.25) is 4.79 Å². The number of rotatable bonds is 8. The molecule has 2 heterocycles. The van der Waals surface area contributed by atoms with Crippen molar-refractivity contribution in [3.05, 3.63) is 12.7 Å². The number of nitrogens with one attached hydrogen (secondary N) is 1. The van der Waals surface area contributed by atoms with E-state index in [0.29, 0.717) is 12.8 Å². The summed E-state index contributed by atoms with van der Waals surface area (Å²) in [7, 11) is 0. The number of hydrogen-bond donors (Lipinski definition) is 2. The third-order valence-corrected chi connectivity index (χ3v) is 4.89. The van der Waals surface area contributed by atoms with E-state index in [9.17, 15) is 14.7 Å². The lowest BCUT2D eigenvalue weighted by Crippen LogP contribution is -2.79. The fraction of sp³-hybridized carbons (Fsp3) is 0.688. The zero-order chi connectivity index (χ0) is 16.4. The highest BCUT2D eigenvalue weighted by atomic mass is 16.6. The van der Waals surface area contributed by atoms with Crippen LogP contribution in [0.25, 0.3) is 0 Å². The summed E-state index contributed by atoms with van der Waals surface area (Å²) in [5.74, 6) is -1.50. The lowest BCUT2D eigenvalue weighted by molar-refractivity contribution is -0.235. The quantitative estimate of drug-likeness (QED) is 0.399. The van der Waals surface area contributed by atoms with Crippen molar-refractivity contribution in [3.63, 3.8) is 0 Å². The fourth-order valence-electron chi connectivity index (χ4n) is 3.57. The van der Waals surface area contributed by atoms with E-state index in [1.165, 1.54) is 0 Å². The fourth-order valence-corrected chi connectivity index (χ4v) is 3.57. The van der Waals surface area contributed by atoms with E-state index in [1.54, 1.807) is 6.92 Å². The highest BCUT2D eigenvalue weighted by Crippen LogP contribution is 2.52. The summed E-state index contributed by atoms with van der Waals surface area (Å²) in [4.78, 5) is 24.3. The van der Waals surface area contributed by atoms with Crippen molar-refractivity contribution in [2.45, 2.75) is 62.7 Å². The Kier molecular flexibility index (Phi) is 4.57. The molecule has 0 aromatic carbocycles. The van der Waals surface area contributed by atoms with E-state index in [2.05, 4.69) is 11.9 Å². The van der Waals surface area contributed by atoms with Gasteiger partial charge in [0.1, 0.15) is 0 Å². The van der Waals surface area contributed by atoms with Gasteiger partial charge >= 0.3 is 5.97 Å². The summed E-state index contributed by atoms with van der Waals surface area (Å²) in [5, 5.41) is 21.9. The number of aliphatic hydroxyl groups excluding tert-OH is 1. The van der Waals surface area contributed by atoms with Crippen LogP contribution in [-0.4, -0.2) is 34.2 Å². The average Bonchev–Trinajstić information content (AvgIpc) is 2.65. The summed E-state index contributed by atoms with van der Waals surface area (Å²) < 4.78 is 5.27. The Labute approximate surface area is 130 Å². The zero-order valence-electron chi connectivity index (χ0n) is 12.8. The standard InChI is InChI=1S/C16H22N2O4/c1-3-4-5-6-9-12(19)16-14(21)22-15(16,2)11(8-7-10-17)13(20)18-16/h3,11-12,19H,1,4-9H2,2H3,(H,18,20)/t11-,12?,15-,16-/m0/s1. The molecule has 2 aliphatic rings. The van der Waals surface area contributed by atoms with Gasteiger partial charge in [-0.05, 0) is 32.6 Å². The second-order valence-corrected chi connectivity index (χ2v) is 6.13. The van der Waals surface area contributed by atoms with Gasteiger partial charge in [0.05, 0.1) is 18.1 Å². The first-order chi connectivity index (χ1) is 10.4. The van der Waals surface area contributed by atoms with Gasteiger partial charge in [0, 0.05) is 6.42 Å². The summed E-state index contributed by atoms with van der Waals surface area (Å²) in [6.07, 6.45) is 4.20. The number of amides is 1. The largest absolute Gasteiger partial charge is 0.453 e. The topological polar surface area (TPSA) is 99.4 Å². The maximum atomic E-state index is 12.2. The molecule has 2 N–H and O–H groups in total. The van der Waals surface area contributed by atoms with E-state index >= 15 is 0 Å². The maximum Gasteiger partial charge on any atom is 0.339 e. The van der Waals surface area contributed by atoms with Gasteiger partial charge in [-0.25, -0.2) is 4.79 Å². The van der Waals surface area contributed by atoms with Gasteiger partial charge < -0.3 is 15.2 Å². The monoisotopic (exact) mass is 306 g/mol. The second-order valence-electron chi connectivity index (χ2n) is 6.13. The Bertz CT molecular complexity index is 527. The summed E-state index contributed by atoms with van der Waals surface area (Å²) in [5.41, 5.74) is -2.44. The van der Waals surface area contributed by atoms with E-state index in [4.69, 9.17) is 10.00 Å². The summed E-state index contributed by atoms with van der Waals surface area (Å²) in [6, 6.07) is 2.00. The molecule has 0 spiro atoms. The Morgan fingerprint density at radius 1 is 1.55 bits per heavy atom. The molecule has 2 saturated heterocycles. The lowest BCUT2D eigenvalue weighted by atomic mass is 9.67. The number of ether oxygens (including phenoxy) is 1. The average molecular weight is 306 g/mol. The predicted octanol–water partition coefficient (Wildman–Crippen LogP) is 1.20. The van der Waals surface area contributed by atoms with Gasteiger partial charge in [-0.1, -0.05) is 12.5 Å². The molecule has 0 bridgehead atoms. The minimum atomic E-state index is -1.36. The van der Waals surface area contributed by atoms with Crippen LogP contribution in [0.1, 0.15) is 45.4 Å². The Balaban J connectivity index is 2.13. The second kappa shape index (κ2) is 6.09. The Morgan fingerprint density at radius 2 is 2.27 bits per heavy atom. The van der Waals surface area contributed by atoms with Crippen LogP contribution in [-0.2, 0) is 14.3 Å². The van der Waals surface area contributed by atoms with E-state index in [0.717, 1.165) is 19.3 Å². The molecule has 4 atom stereocenters. The van der Waals surface area contributed by atoms with Gasteiger partial charge in [0.25, 0.3) is 0 Å². The molecule has 0 radical (unpaired) electrons. The van der Waals surface area contributed by atoms with Crippen molar-refractivity contribution in [2.75, 3.05) is 0 Å². The molecule has 0 aliphatic carbocycles. The zero-order valence-corrected chi connectivity index (χ0v) is 12.8. The molecule has 0 saturated carbocycles. The molecular weight excluding hydrogens is 284 g/mol. The maximum absolute atomic E-state index is 12.2. The van der Waals surface area contributed by atoms with Crippen LogP contribution in [0.4, 0.5) is 0 Å². The molecule has 1 amide bonds. The molecule has 2 fully saturated rings. The van der Waals surface area contributed by atoms with E-state index < -0.39 is 29.1 Å². The van der Waals surface area contributed by atoms with Crippen LogP contribution >= 0.6 is 0 Å². The van der Waals surface area contributed by atoms with Crippen LogP contribution in [0.2, 0.25) is 0 Å². The SMILES string of the molecule is C=CCCCCC(O)[C@@]12NC(=O)[C@H](CCC#N)[C@]1(C)OC2=O. The Hall–Kier alpha value is -1.87. The number of hydrogen-bond acceptors (Lipinski definition) is 5. The number of nitriles is 1. The predicted molar refractivity (Wildman–Crippen MR) is 78.4 cm³/mol. The number of fused-ring (bicyclic) bond motifs is 1. The van der Waals surface area contributed by atoms with Crippen molar-refractivity contribution in [1.29, 1.82) is 5.26 Å². The number of carbonyl (C=O) groups is 2. The number of carbonyl (C=O) groups excluding carboxylic acids is 2. The molecule has 120 valence electrons. The number of unbranched alkanes of at least 4 members (excludes halogenated alkanes) is 2. The van der Waals surface area contributed by atoms with Crippen LogP contribution < -0.4 is 5.32 Å². The van der Waals surface area contributed by atoms with Gasteiger partial charge in [0.2, 0.25) is 11.4 Å². The number of allylic oxidation sites excluding steroid dienone is 1. The molecule has 22 heavy (non-hydrogen) atoms. The van der Waals surface area contributed by atoms with Crippen molar-refractivity contribution in [1.82, 2.24) is 5.32 Å². The van der Waals surface area contributed by atoms with E-state index in [-0.39, 0.29) is 12.3 Å². The molecule has 2 rings (SSSR count). The van der Waals surface area contributed by atoms with Gasteiger partial charge in [-0.2, -0.15) is 5.26 Å². The summed E-state index contributed by atoms with van der Waals surface area (Å²) >= 11 is 0. The van der Waals surface area contributed by atoms with Crippen molar-refractivity contribution >= 4 is 11.9 Å². The van der Waals surface area contributed by atoms with Gasteiger partial charge in [-0.15, -0.1) is 6.58 Å². The lowest BCUT2D eigenvalue weighted by Gasteiger charge is -2.53. The minimum absolute atomic E-state index is 0.205. The smallest absolute Gasteiger partial charge is 0.339 e. The van der Waals surface area contributed by atoms with Crippen molar-refractivity contribution in [3.8, 4) is 6.07 Å². The molecule has 6 nitrogen and oxygen atoms in total. The van der Waals surface area contributed by atoms with Crippen LogP contribution in [0, 0.1) is 17.2 Å². The normalized spacial score (nSPS) is 34.0. The molecule has 0 aromatic heterocycles. The minimum Gasteiger partial charge on any atom is -0.453 e. The molecular formula is C16H22N2O4. The molecule has 2 aliphatic heterocycles. The first-order valence-electron chi connectivity index (χ1n) is 7.65. The highest BCUT2D eigenvalue weighted by molar-refractivity contribution is 6.01. The summed E-state index contributed by atoms with van der Waals surface area (Å²) in [6.45, 7) is 5.31. The molecule has 1 unspecified atom stereocenters. The van der Waals surface area contributed by atoms with E-state index in [1.807, 2.05) is 12.1 Å². The molecule has 6 heteroatoms. The third-order valence-electron chi connectivity index (χ3n) is 4.89. The van der Waals surface area contributed by atoms with Crippen LogP contribution in [0.15, 0.2) is 12.7 Å². The highest BCUT2D eigenvalue weighted by Gasteiger charge is 2.78. The third kappa shape index (κ3) is 2.20. The van der Waals surface area contributed by atoms with Gasteiger partial charge in [0.15, 0.2) is 5.60 Å². The van der Waals surface area contributed by atoms with Crippen LogP contribution in [0.5, 0.6) is 0 Å². The number of aliphatic hydroxyl groups is 1. The molecule has 0 aromatic rings.